The van der Waals surface area contributed by atoms with Crippen LogP contribution >= 0.6 is 0 Å². The molecule has 0 aliphatic rings. The molecule has 0 atom stereocenters. The number of hydrogen-bond acceptors (Lipinski definition) is 3. The van der Waals surface area contributed by atoms with Crippen LogP contribution in [0.1, 0.15) is 38.3 Å². The van der Waals surface area contributed by atoms with Gasteiger partial charge in [0.05, 0.1) is 30.6 Å². The third-order valence-electron chi connectivity index (χ3n) is 5.56. The average molecular weight is 389 g/mol. The van der Waals surface area contributed by atoms with Crippen LogP contribution in [0.15, 0.2) is 54.6 Å². The molecular weight excluding hydrogens is 360 g/mol. The minimum absolute atomic E-state index is 0.0743. The lowest BCUT2D eigenvalue weighted by Gasteiger charge is -2.12. The zero-order valence-corrected chi connectivity index (χ0v) is 17.2. The first kappa shape index (κ1) is 19.5. The molecule has 0 saturated heterocycles. The second-order valence-electron chi connectivity index (χ2n) is 7.47. The normalized spacial score (nSPS) is 11.4. The molecule has 0 amide bonds. The van der Waals surface area contributed by atoms with Gasteiger partial charge < -0.3 is 14.4 Å². The summed E-state index contributed by atoms with van der Waals surface area (Å²) in [7, 11) is 1.67. The number of benzene rings is 2. The minimum atomic E-state index is -0.0743. The maximum Gasteiger partial charge on any atom is 0.118 e. The van der Waals surface area contributed by atoms with Gasteiger partial charge >= 0.3 is 0 Å². The highest BCUT2D eigenvalue weighted by molar-refractivity contribution is 6.12. The fourth-order valence-corrected chi connectivity index (χ4v) is 4.09. The van der Waals surface area contributed by atoms with Crippen LogP contribution in [0.3, 0.4) is 0 Å². The van der Waals surface area contributed by atoms with E-state index in [0.29, 0.717) is 5.69 Å². The van der Waals surface area contributed by atoms with Crippen molar-refractivity contribution >= 4 is 21.8 Å². The van der Waals surface area contributed by atoms with Crippen molar-refractivity contribution in [2.24, 2.45) is 0 Å². The van der Waals surface area contributed by atoms with Crippen molar-refractivity contribution in [1.29, 1.82) is 0 Å². The average Bonchev–Trinajstić information content (AvgIpc) is 3.10. The second kappa shape index (κ2) is 8.66. The summed E-state index contributed by atoms with van der Waals surface area (Å²) in [5.74, 6) is 0.823. The van der Waals surface area contributed by atoms with Crippen LogP contribution in [0.4, 0.5) is 0 Å². The molecule has 0 saturated carbocycles. The first-order chi connectivity index (χ1) is 14.3. The molecule has 0 aliphatic carbocycles. The van der Waals surface area contributed by atoms with E-state index in [4.69, 9.17) is 9.72 Å². The van der Waals surface area contributed by atoms with Crippen LogP contribution in [0.25, 0.3) is 33.1 Å². The highest BCUT2D eigenvalue weighted by atomic mass is 16.5. The number of methoxy groups -OCH3 is 1. The topological polar surface area (TPSA) is 47.3 Å². The lowest BCUT2D eigenvalue weighted by Crippen LogP contribution is -2.01. The van der Waals surface area contributed by atoms with E-state index >= 15 is 0 Å². The maximum absolute atomic E-state index is 9.84. The molecule has 0 unspecified atom stereocenters. The van der Waals surface area contributed by atoms with Crippen LogP contribution in [-0.2, 0) is 13.2 Å². The Hall–Kier alpha value is -2.85. The van der Waals surface area contributed by atoms with Gasteiger partial charge in [-0.3, -0.25) is 0 Å². The molecule has 2 heterocycles. The van der Waals surface area contributed by atoms with Gasteiger partial charge in [0.2, 0.25) is 0 Å². The largest absolute Gasteiger partial charge is 0.497 e. The number of rotatable bonds is 8. The minimum Gasteiger partial charge on any atom is -0.497 e. The number of nitrogens with zero attached hydrogens (tertiary/aromatic N) is 2. The second-order valence-corrected chi connectivity index (χ2v) is 7.47. The molecule has 150 valence electrons. The molecule has 4 nitrogen and oxygen atoms in total. The standard InChI is InChI=1S/C25H28N2O2/c1-3-4-5-8-15-27-23-10-7-6-9-21(23)22-16-19(17-28)26-24(25(22)27)18-11-13-20(29-2)14-12-18/h6-7,9-14,16,28H,3-5,8,15,17H2,1-2H3. The van der Waals surface area contributed by atoms with Crippen LogP contribution in [0.2, 0.25) is 0 Å². The lowest BCUT2D eigenvalue weighted by molar-refractivity contribution is 0.277. The Balaban J connectivity index is 1.95. The molecule has 0 bridgehead atoms. The zero-order chi connectivity index (χ0) is 20.2. The highest BCUT2D eigenvalue weighted by Crippen LogP contribution is 2.36. The van der Waals surface area contributed by atoms with Crippen molar-refractivity contribution in [3.8, 4) is 17.0 Å². The number of hydrogen-bond donors (Lipinski definition) is 1. The monoisotopic (exact) mass is 388 g/mol. The Kier molecular flexibility index (Phi) is 5.81. The molecule has 0 fully saturated rings. The van der Waals surface area contributed by atoms with Gasteiger partial charge in [0.1, 0.15) is 5.75 Å². The van der Waals surface area contributed by atoms with Crippen LogP contribution in [0, 0.1) is 0 Å². The SMILES string of the molecule is CCCCCCn1c2ccccc2c2cc(CO)nc(-c3ccc(OC)cc3)c21. The Bertz CT molecular complexity index is 1110. The van der Waals surface area contributed by atoms with Gasteiger partial charge in [-0.1, -0.05) is 44.4 Å². The molecule has 0 radical (unpaired) electrons. The summed E-state index contributed by atoms with van der Waals surface area (Å²) < 4.78 is 7.73. The van der Waals surface area contributed by atoms with E-state index in [2.05, 4.69) is 35.8 Å². The van der Waals surface area contributed by atoms with Gasteiger partial charge in [-0.15, -0.1) is 0 Å². The number of ether oxygens (including phenoxy) is 1. The van der Waals surface area contributed by atoms with E-state index in [9.17, 15) is 5.11 Å². The molecule has 1 N–H and O–H groups in total. The number of para-hydroxylation sites is 1. The van der Waals surface area contributed by atoms with Crippen molar-refractivity contribution in [3.05, 3.63) is 60.3 Å². The summed E-state index contributed by atoms with van der Waals surface area (Å²) >= 11 is 0. The van der Waals surface area contributed by atoms with Crippen LogP contribution in [-0.4, -0.2) is 21.8 Å². The predicted octanol–water partition coefficient (Wildman–Crippen LogP) is 5.94. The first-order valence-electron chi connectivity index (χ1n) is 10.4. The molecule has 0 aliphatic heterocycles. The van der Waals surface area contributed by atoms with E-state index in [1.807, 2.05) is 30.3 Å². The molecule has 4 rings (SSSR count). The van der Waals surface area contributed by atoms with Gasteiger partial charge in [0.25, 0.3) is 0 Å². The predicted molar refractivity (Wildman–Crippen MR) is 119 cm³/mol. The number of fused-ring (bicyclic) bond motifs is 3. The van der Waals surface area contributed by atoms with Crippen molar-refractivity contribution < 1.29 is 9.84 Å². The number of aromatic nitrogens is 2. The van der Waals surface area contributed by atoms with Crippen LogP contribution in [0.5, 0.6) is 5.75 Å². The van der Waals surface area contributed by atoms with Gasteiger partial charge in [0, 0.05) is 28.4 Å². The van der Waals surface area contributed by atoms with Crippen molar-refractivity contribution in [1.82, 2.24) is 9.55 Å². The summed E-state index contributed by atoms with van der Waals surface area (Å²) in [5, 5.41) is 12.2. The van der Waals surface area contributed by atoms with Crippen molar-refractivity contribution in [2.45, 2.75) is 45.8 Å². The molecular formula is C25H28N2O2. The molecule has 0 spiro atoms. The van der Waals surface area contributed by atoms with Crippen LogP contribution < -0.4 is 4.74 Å². The summed E-state index contributed by atoms with van der Waals surface area (Å²) in [4.78, 5) is 4.83. The lowest BCUT2D eigenvalue weighted by atomic mass is 10.1. The van der Waals surface area contributed by atoms with Gasteiger partial charge in [0.15, 0.2) is 0 Å². The number of aliphatic hydroxyl groups is 1. The van der Waals surface area contributed by atoms with E-state index in [0.717, 1.165) is 40.9 Å². The quantitative estimate of drug-likeness (QED) is 0.380. The molecule has 4 heteroatoms. The van der Waals surface area contributed by atoms with E-state index in [1.165, 1.54) is 30.2 Å². The van der Waals surface area contributed by atoms with Gasteiger partial charge in [-0.25, -0.2) is 4.98 Å². The number of aryl methyl sites for hydroxylation is 1. The van der Waals surface area contributed by atoms with E-state index < -0.39 is 0 Å². The Morgan fingerprint density at radius 2 is 1.76 bits per heavy atom. The summed E-state index contributed by atoms with van der Waals surface area (Å²) in [6, 6.07) is 18.6. The molecule has 29 heavy (non-hydrogen) atoms. The smallest absolute Gasteiger partial charge is 0.118 e. The summed E-state index contributed by atoms with van der Waals surface area (Å²) in [6.45, 7) is 3.13. The fraction of sp³-hybridized carbons (Fsp3) is 0.320. The van der Waals surface area contributed by atoms with Crippen molar-refractivity contribution in [3.63, 3.8) is 0 Å². The highest BCUT2D eigenvalue weighted by Gasteiger charge is 2.17. The third-order valence-corrected chi connectivity index (χ3v) is 5.56. The Labute approximate surface area is 171 Å². The number of unbranched alkanes of at least 4 members (excludes halogenated alkanes) is 3. The first-order valence-corrected chi connectivity index (χ1v) is 10.4. The maximum atomic E-state index is 9.84. The Morgan fingerprint density at radius 3 is 2.48 bits per heavy atom. The molecule has 2 aromatic heterocycles. The number of pyridine rings is 1. The fourth-order valence-electron chi connectivity index (χ4n) is 4.09. The summed E-state index contributed by atoms with van der Waals surface area (Å²) in [5.41, 5.74) is 5.01. The van der Waals surface area contributed by atoms with E-state index in [-0.39, 0.29) is 6.61 Å². The van der Waals surface area contributed by atoms with E-state index in [1.54, 1.807) is 7.11 Å². The zero-order valence-electron chi connectivity index (χ0n) is 17.2. The molecule has 4 aromatic rings. The van der Waals surface area contributed by atoms with Crippen molar-refractivity contribution in [2.75, 3.05) is 7.11 Å². The van der Waals surface area contributed by atoms with Gasteiger partial charge in [-0.05, 0) is 42.8 Å². The number of aliphatic hydroxyl groups excluding tert-OH is 1. The third kappa shape index (κ3) is 3.73. The molecule has 2 aromatic carbocycles. The van der Waals surface area contributed by atoms with Gasteiger partial charge in [-0.2, -0.15) is 0 Å². The Morgan fingerprint density at radius 1 is 0.966 bits per heavy atom. The summed E-state index contributed by atoms with van der Waals surface area (Å²) in [6.07, 6.45) is 4.86.